The van der Waals surface area contributed by atoms with Crippen molar-refractivity contribution < 1.29 is 22.7 Å². The van der Waals surface area contributed by atoms with Crippen LogP contribution in [0, 0.1) is 0 Å². The van der Waals surface area contributed by atoms with Gasteiger partial charge in [0, 0.05) is 19.0 Å². The Hall–Kier alpha value is -2.54. The molecule has 0 fully saturated rings. The second kappa shape index (κ2) is 8.53. The molecule has 1 unspecified atom stereocenters. The van der Waals surface area contributed by atoms with Gasteiger partial charge in [0.05, 0.1) is 0 Å². The zero-order chi connectivity index (χ0) is 18.3. The summed E-state index contributed by atoms with van der Waals surface area (Å²) in [4.78, 5) is 11.9. The molecule has 0 saturated carbocycles. The summed E-state index contributed by atoms with van der Waals surface area (Å²) < 4.78 is 40.0. The summed E-state index contributed by atoms with van der Waals surface area (Å²) in [7, 11) is 0. The van der Waals surface area contributed by atoms with Crippen molar-refractivity contribution in [2.24, 2.45) is 5.73 Å². The largest absolute Gasteiger partial charge is 0.573 e. The third-order valence-electron chi connectivity index (χ3n) is 3.53. The minimum Gasteiger partial charge on any atom is -0.406 e. The highest BCUT2D eigenvalue weighted by atomic mass is 19.4. The van der Waals surface area contributed by atoms with E-state index in [0.717, 1.165) is 11.1 Å². The van der Waals surface area contributed by atoms with Crippen LogP contribution in [0.4, 0.5) is 13.2 Å². The van der Waals surface area contributed by atoms with Crippen LogP contribution in [0.3, 0.4) is 0 Å². The average molecular weight is 352 g/mol. The van der Waals surface area contributed by atoms with E-state index in [1.807, 2.05) is 30.3 Å². The summed E-state index contributed by atoms with van der Waals surface area (Å²) in [5.41, 5.74) is 7.66. The van der Waals surface area contributed by atoms with Crippen molar-refractivity contribution in [1.82, 2.24) is 5.32 Å². The summed E-state index contributed by atoms with van der Waals surface area (Å²) >= 11 is 0. The van der Waals surface area contributed by atoms with Crippen LogP contribution in [0.2, 0.25) is 0 Å². The van der Waals surface area contributed by atoms with E-state index in [1.54, 1.807) is 0 Å². The Labute approximate surface area is 143 Å². The number of ether oxygens (including phenoxy) is 1. The first-order valence-corrected chi connectivity index (χ1v) is 7.75. The summed E-state index contributed by atoms with van der Waals surface area (Å²) in [5.74, 6) is -0.442. The van der Waals surface area contributed by atoms with Crippen LogP contribution in [0.25, 0.3) is 0 Å². The Morgan fingerprint density at radius 1 is 1.08 bits per heavy atom. The number of rotatable bonds is 7. The normalized spacial score (nSPS) is 12.5. The van der Waals surface area contributed by atoms with Gasteiger partial charge in [0.2, 0.25) is 5.91 Å². The fraction of sp³-hybridized carbons (Fsp3) is 0.278. The fourth-order valence-electron chi connectivity index (χ4n) is 2.29. The molecular formula is C18H19F3N2O2. The lowest BCUT2D eigenvalue weighted by molar-refractivity contribution is -0.274. The monoisotopic (exact) mass is 352 g/mol. The van der Waals surface area contributed by atoms with Gasteiger partial charge in [-0.25, -0.2) is 0 Å². The van der Waals surface area contributed by atoms with Crippen molar-refractivity contribution in [2.75, 3.05) is 6.54 Å². The molecule has 0 spiro atoms. The molecule has 0 heterocycles. The summed E-state index contributed by atoms with van der Waals surface area (Å²) in [5, 5.41) is 2.75. The zero-order valence-corrected chi connectivity index (χ0v) is 13.4. The molecule has 0 radical (unpaired) electrons. The van der Waals surface area contributed by atoms with E-state index >= 15 is 0 Å². The number of hydrogen-bond acceptors (Lipinski definition) is 3. The molecule has 1 amide bonds. The van der Waals surface area contributed by atoms with E-state index in [2.05, 4.69) is 10.1 Å². The highest BCUT2D eigenvalue weighted by molar-refractivity contribution is 5.76. The fourth-order valence-corrected chi connectivity index (χ4v) is 2.29. The van der Waals surface area contributed by atoms with Crippen molar-refractivity contribution in [3.05, 3.63) is 65.7 Å². The lowest BCUT2D eigenvalue weighted by Crippen LogP contribution is -2.29. The van der Waals surface area contributed by atoms with Gasteiger partial charge < -0.3 is 15.8 Å². The molecule has 0 aliphatic carbocycles. The van der Waals surface area contributed by atoms with Crippen LogP contribution in [0.5, 0.6) is 5.75 Å². The van der Waals surface area contributed by atoms with E-state index in [4.69, 9.17) is 5.73 Å². The second-order valence-corrected chi connectivity index (χ2v) is 5.51. The SMILES string of the molecule is NC(CC(=O)NCCc1ccc(OC(F)(F)F)cc1)c1ccccc1. The number of nitrogens with two attached hydrogens (primary N) is 1. The van der Waals surface area contributed by atoms with Crippen molar-refractivity contribution in [1.29, 1.82) is 0 Å². The topological polar surface area (TPSA) is 64.4 Å². The summed E-state index contributed by atoms with van der Waals surface area (Å²) in [6, 6.07) is 14.5. The third-order valence-corrected chi connectivity index (χ3v) is 3.53. The van der Waals surface area contributed by atoms with Crippen LogP contribution in [-0.4, -0.2) is 18.8 Å². The van der Waals surface area contributed by atoms with Crippen molar-refractivity contribution in [2.45, 2.75) is 25.2 Å². The van der Waals surface area contributed by atoms with E-state index in [9.17, 15) is 18.0 Å². The van der Waals surface area contributed by atoms with Crippen LogP contribution < -0.4 is 15.8 Å². The van der Waals surface area contributed by atoms with E-state index in [-0.39, 0.29) is 24.1 Å². The zero-order valence-electron chi connectivity index (χ0n) is 13.4. The van der Waals surface area contributed by atoms with E-state index in [1.165, 1.54) is 24.3 Å². The first-order chi connectivity index (χ1) is 11.8. The molecule has 1 atom stereocenters. The van der Waals surface area contributed by atoms with Gasteiger partial charge in [-0.2, -0.15) is 0 Å². The maximum Gasteiger partial charge on any atom is 0.573 e. The van der Waals surface area contributed by atoms with Crippen LogP contribution in [-0.2, 0) is 11.2 Å². The first kappa shape index (κ1) is 18.8. The molecule has 3 N–H and O–H groups in total. The van der Waals surface area contributed by atoms with Crippen molar-refractivity contribution >= 4 is 5.91 Å². The molecule has 25 heavy (non-hydrogen) atoms. The van der Waals surface area contributed by atoms with Gasteiger partial charge in [0.15, 0.2) is 0 Å². The van der Waals surface area contributed by atoms with Gasteiger partial charge in [-0.05, 0) is 29.7 Å². The molecule has 0 saturated heterocycles. The summed E-state index contributed by atoms with van der Waals surface area (Å²) in [6.45, 7) is 0.375. The lowest BCUT2D eigenvalue weighted by Gasteiger charge is -2.12. The first-order valence-electron chi connectivity index (χ1n) is 7.75. The molecule has 0 aliphatic rings. The Morgan fingerprint density at radius 3 is 2.32 bits per heavy atom. The van der Waals surface area contributed by atoms with Crippen LogP contribution >= 0.6 is 0 Å². The van der Waals surface area contributed by atoms with Crippen molar-refractivity contribution in [3.8, 4) is 5.75 Å². The number of carbonyl (C=O) groups excluding carboxylic acids is 1. The standard InChI is InChI=1S/C18H19F3N2O2/c19-18(20,21)25-15-8-6-13(7-9-15)10-11-23-17(24)12-16(22)14-4-2-1-3-5-14/h1-9,16H,10-12,22H2,(H,23,24). The third kappa shape index (κ3) is 6.84. The molecule has 0 bridgehead atoms. The summed E-state index contributed by atoms with van der Waals surface area (Å²) in [6.07, 6.45) is -4.03. The number of hydrogen-bond donors (Lipinski definition) is 2. The Morgan fingerprint density at radius 2 is 1.72 bits per heavy atom. The maximum absolute atomic E-state index is 12.1. The minimum atomic E-state index is -4.70. The number of alkyl halides is 3. The quantitative estimate of drug-likeness (QED) is 0.803. The molecule has 0 aromatic heterocycles. The molecular weight excluding hydrogens is 333 g/mol. The van der Waals surface area contributed by atoms with Gasteiger partial charge in [-0.15, -0.1) is 13.2 Å². The number of amides is 1. The van der Waals surface area contributed by atoms with E-state index < -0.39 is 6.36 Å². The Balaban J connectivity index is 1.74. The predicted molar refractivity (Wildman–Crippen MR) is 87.8 cm³/mol. The number of halogens is 3. The van der Waals surface area contributed by atoms with Crippen molar-refractivity contribution in [3.63, 3.8) is 0 Å². The highest BCUT2D eigenvalue weighted by Crippen LogP contribution is 2.22. The molecule has 7 heteroatoms. The molecule has 134 valence electrons. The highest BCUT2D eigenvalue weighted by Gasteiger charge is 2.30. The van der Waals surface area contributed by atoms with Gasteiger partial charge in [-0.3, -0.25) is 4.79 Å². The Kier molecular flexibility index (Phi) is 6.41. The molecule has 0 aliphatic heterocycles. The average Bonchev–Trinajstić information content (AvgIpc) is 2.56. The van der Waals surface area contributed by atoms with E-state index in [0.29, 0.717) is 13.0 Å². The van der Waals surface area contributed by atoms with Gasteiger partial charge in [-0.1, -0.05) is 42.5 Å². The second-order valence-electron chi connectivity index (χ2n) is 5.51. The van der Waals surface area contributed by atoms with Gasteiger partial charge >= 0.3 is 6.36 Å². The number of benzene rings is 2. The van der Waals surface area contributed by atoms with Gasteiger partial charge in [0.1, 0.15) is 5.75 Å². The molecule has 2 aromatic rings. The minimum absolute atomic E-state index is 0.169. The molecule has 2 aromatic carbocycles. The maximum atomic E-state index is 12.1. The van der Waals surface area contributed by atoms with Gasteiger partial charge in [0.25, 0.3) is 0 Å². The molecule has 4 nitrogen and oxygen atoms in total. The predicted octanol–water partition coefficient (Wildman–Crippen LogP) is 3.33. The van der Waals surface area contributed by atoms with Crippen LogP contribution in [0.1, 0.15) is 23.6 Å². The van der Waals surface area contributed by atoms with Crippen LogP contribution in [0.15, 0.2) is 54.6 Å². The lowest BCUT2D eigenvalue weighted by atomic mass is 10.0. The molecule has 2 rings (SSSR count). The number of nitrogens with one attached hydrogen (secondary N) is 1. The number of carbonyl (C=O) groups is 1. The smallest absolute Gasteiger partial charge is 0.406 e. The Bertz CT molecular complexity index is 673.